The second-order valence-electron chi connectivity index (χ2n) is 8.86. The maximum atomic E-state index is 12.7. The van der Waals surface area contributed by atoms with Crippen LogP contribution in [-0.4, -0.2) is 69.0 Å². The van der Waals surface area contributed by atoms with Crippen LogP contribution in [0.3, 0.4) is 0 Å². The topological polar surface area (TPSA) is 108 Å². The Kier molecular flexibility index (Phi) is 8.84. The molecule has 2 aromatic carbocycles. The molecule has 0 unspecified atom stereocenters. The predicted molar refractivity (Wildman–Crippen MR) is 137 cm³/mol. The number of nitrogens with one attached hydrogen (secondary N) is 1. The molecule has 1 aliphatic heterocycles. The van der Waals surface area contributed by atoms with E-state index >= 15 is 0 Å². The lowest BCUT2D eigenvalue weighted by Crippen LogP contribution is -2.40. The third kappa shape index (κ3) is 6.51. The minimum absolute atomic E-state index is 0.00617. The Labute approximate surface area is 216 Å². The highest BCUT2D eigenvalue weighted by Crippen LogP contribution is 2.31. The summed E-state index contributed by atoms with van der Waals surface area (Å²) in [7, 11) is 6.41. The molecule has 0 saturated carbocycles. The average Bonchev–Trinajstić information content (AvgIpc) is 3.41. The second-order valence-corrected chi connectivity index (χ2v) is 8.86. The molecule has 10 heteroatoms. The Morgan fingerprint density at radius 1 is 0.946 bits per heavy atom. The van der Waals surface area contributed by atoms with Crippen LogP contribution in [0.25, 0.3) is 11.4 Å². The number of likely N-dealkylation sites (tertiary alicyclic amines) is 1. The first-order chi connectivity index (χ1) is 18.0. The minimum Gasteiger partial charge on any atom is -0.493 e. The van der Waals surface area contributed by atoms with Gasteiger partial charge in [0.2, 0.25) is 17.6 Å². The maximum Gasteiger partial charge on any atom is 0.241 e. The van der Waals surface area contributed by atoms with Crippen LogP contribution in [0.5, 0.6) is 23.0 Å². The monoisotopic (exact) mass is 510 g/mol. The van der Waals surface area contributed by atoms with Gasteiger partial charge in [-0.1, -0.05) is 11.2 Å². The van der Waals surface area contributed by atoms with Crippen molar-refractivity contribution in [1.82, 2.24) is 20.4 Å². The number of amides is 1. The number of carbonyl (C=O) groups is 1. The molecule has 1 aromatic heterocycles. The van der Waals surface area contributed by atoms with Crippen molar-refractivity contribution in [3.05, 3.63) is 47.9 Å². The molecule has 1 fully saturated rings. The van der Waals surface area contributed by atoms with Crippen molar-refractivity contribution < 1.29 is 28.3 Å². The highest BCUT2D eigenvalue weighted by atomic mass is 16.5. The fourth-order valence-corrected chi connectivity index (χ4v) is 4.47. The van der Waals surface area contributed by atoms with E-state index in [2.05, 4.69) is 20.4 Å². The number of hydrogen-bond acceptors (Lipinski definition) is 9. The van der Waals surface area contributed by atoms with Gasteiger partial charge in [0, 0.05) is 18.0 Å². The van der Waals surface area contributed by atoms with Crippen LogP contribution in [0.15, 0.2) is 40.9 Å². The van der Waals surface area contributed by atoms with E-state index < -0.39 is 0 Å². The third-order valence-electron chi connectivity index (χ3n) is 6.59. The van der Waals surface area contributed by atoms with Gasteiger partial charge in [-0.2, -0.15) is 4.98 Å². The molecular weight excluding hydrogens is 476 g/mol. The van der Waals surface area contributed by atoms with Gasteiger partial charge in [-0.05, 0) is 68.2 Å². The van der Waals surface area contributed by atoms with Crippen molar-refractivity contribution >= 4 is 5.91 Å². The number of nitrogens with zero attached hydrogens (tertiary/aromatic N) is 3. The van der Waals surface area contributed by atoms with Crippen molar-refractivity contribution in [2.45, 2.75) is 25.8 Å². The smallest absolute Gasteiger partial charge is 0.241 e. The van der Waals surface area contributed by atoms with Crippen molar-refractivity contribution in [3.63, 3.8) is 0 Å². The number of ether oxygens (including phenoxy) is 4. The van der Waals surface area contributed by atoms with Crippen LogP contribution in [0.1, 0.15) is 24.3 Å². The molecule has 1 amide bonds. The molecule has 4 rings (SSSR count). The van der Waals surface area contributed by atoms with Crippen molar-refractivity contribution in [3.8, 4) is 34.4 Å². The number of rotatable bonds is 11. The summed E-state index contributed by atoms with van der Waals surface area (Å²) in [6.45, 7) is 2.72. The Balaban J connectivity index is 1.22. The van der Waals surface area contributed by atoms with Crippen molar-refractivity contribution in [1.29, 1.82) is 0 Å². The Morgan fingerprint density at radius 3 is 2.27 bits per heavy atom. The summed E-state index contributed by atoms with van der Waals surface area (Å²) in [5.74, 6) is 3.79. The van der Waals surface area contributed by atoms with E-state index in [4.69, 9.17) is 23.5 Å². The zero-order valence-corrected chi connectivity index (χ0v) is 21.8. The molecule has 10 nitrogen and oxygen atoms in total. The fourth-order valence-electron chi connectivity index (χ4n) is 4.47. The van der Waals surface area contributed by atoms with Crippen LogP contribution in [-0.2, 0) is 17.8 Å². The van der Waals surface area contributed by atoms with E-state index in [1.54, 1.807) is 28.4 Å². The normalized spacial score (nSPS) is 14.3. The Morgan fingerprint density at radius 2 is 1.59 bits per heavy atom. The molecule has 3 aromatic rings. The molecule has 37 heavy (non-hydrogen) atoms. The summed E-state index contributed by atoms with van der Waals surface area (Å²) in [4.78, 5) is 19.5. The lowest BCUT2D eigenvalue weighted by molar-refractivity contribution is -0.126. The molecule has 0 atom stereocenters. The molecule has 1 saturated heterocycles. The van der Waals surface area contributed by atoms with Crippen LogP contribution >= 0.6 is 0 Å². The number of methoxy groups -OCH3 is 4. The molecule has 1 aliphatic rings. The largest absolute Gasteiger partial charge is 0.493 e. The summed E-state index contributed by atoms with van der Waals surface area (Å²) in [5.41, 5.74) is 1.87. The first-order valence-corrected chi connectivity index (χ1v) is 12.3. The molecule has 0 spiro atoms. The van der Waals surface area contributed by atoms with Gasteiger partial charge in [-0.25, -0.2) is 0 Å². The molecule has 0 bridgehead atoms. The van der Waals surface area contributed by atoms with Gasteiger partial charge in [0.05, 0.1) is 35.0 Å². The summed E-state index contributed by atoms with van der Waals surface area (Å²) in [6, 6.07) is 11.3. The van der Waals surface area contributed by atoms with Gasteiger partial charge in [-0.15, -0.1) is 0 Å². The minimum atomic E-state index is 0.00617. The number of hydrogen-bond donors (Lipinski definition) is 1. The van der Waals surface area contributed by atoms with Gasteiger partial charge in [0.15, 0.2) is 23.0 Å². The predicted octanol–water partition coefficient (Wildman–Crippen LogP) is 3.34. The Bertz CT molecular complexity index is 1190. The first kappa shape index (κ1) is 26.3. The third-order valence-corrected chi connectivity index (χ3v) is 6.59. The van der Waals surface area contributed by atoms with Gasteiger partial charge in [0.25, 0.3) is 0 Å². The molecule has 0 radical (unpaired) electrons. The van der Waals surface area contributed by atoms with E-state index in [-0.39, 0.29) is 11.8 Å². The van der Waals surface area contributed by atoms with Gasteiger partial charge >= 0.3 is 0 Å². The molecule has 198 valence electrons. The summed E-state index contributed by atoms with van der Waals surface area (Å²) >= 11 is 0. The SMILES string of the molecule is COc1ccc(CCNC(=O)C2CCN(Cc3nc(-c4ccc(OC)c(OC)c4)no3)CC2)cc1OC. The van der Waals surface area contributed by atoms with E-state index in [1.165, 1.54) is 0 Å². The van der Waals surface area contributed by atoms with Crippen molar-refractivity contribution in [2.75, 3.05) is 48.1 Å². The lowest BCUT2D eigenvalue weighted by atomic mass is 9.96. The summed E-state index contributed by atoms with van der Waals surface area (Å²) < 4.78 is 26.8. The van der Waals surface area contributed by atoms with Crippen LogP contribution in [0, 0.1) is 5.92 Å². The first-order valence-electron chi connectivity index (χ1n) is 12.3. The molecule has 0 aliphatic carbocycles. The quantitative estimate of drug-likeness (QED) is 0.415. The second kappa shape index (κ2) is 12.4. The fraction of sp³-hybridized carbons (Fsp3) is 0.444. The highest BCUT2D eigenvalue weighted by Gasteiger charge is 2.26. The Hall–Kier alpha value is -3.79. The number of piperidine rings is 1. The van der Waals surface area contributed by atoms with Crippen LogP contribution < -0.4 is 24.3 Å². The number of aromatic nitrogens is 2. The van der Waals surface area contributed by atoms with E-state index in [9.17, 15) is 4.79 Å². The molecule has 1 N–H and O–H groups in total. The van der Waals surface area contributed by atoms with Crippen LogP contribution in [0.2, 0.25) is 0 Å². The molecular formula is C27H34N4O6. The van der Waals surface area contributed by atoms with Gasteiger partial charge < -0.3 is 28.8 Å². The van der Waals surface area contributed by atoms with Crippen LogP contribution in [0.4, 0.5) is 0 Å². The van der Waals surface area contributed by atoms with Gasteiger partial charge in [0.1, 0.15) is 0 Å². The zero-order valence-electron chi connectivity index (χ0n) is 21.8. The maximum absolute atomic E-state index is 12.7. The number of benzene rings is 2. The zero-order chi connectivity index (χ0) is 26.2. The summed E-state index contributed by atoms with van der Waals surface area (Å²) in [6.07, 6.45) is 2.31. The highest BCUT2D eigenvalue weighted by molar-refractivity contribution is 5.78. The van der Waals surface area contributed by atoms with E-state index in [0.29, 0.717) is 47.8 Å². The van der Waals surface area contributed by atoms with E-state index in [0.717, 1.165) is 43.5 Å². The standard InChI is InChI=1S/C27H34N4O6/c1-33-21-7-5-18(15-23(21)35-3)9-12-28-27(32)19-10-13-31(14-11-19)17-25-29-26(30-37-25)20-6-8-22(34-2)24(16-20)36-4/h5-8,15-16,19H,9-14,17H2,1-4H3,(H,28,32). The van der Waals surface area contributed by atoms with Crippen molar-refractivity contribution in [2.24, 2.45) is 5.92 Å². The van der Waals surface area contributed by atoms with Gasteiger partial charge in [-0.3, -0.25) is 9.69 Å². The average molecular weight is 511 g/mol. The lowest BCUT2D eigenvalue weighted by Gasteiger charge is -2.30. The molecule has 2 heterocycles. The van der Waals surface area contributed by atoms with E-state index in [1.807, 2.05) is 36.4 Å². The number of carbonyl (C=O) groups excluding carboxylic acids is 1. The summed E-state index contributed by atoms with van der Waals surface area (Å²) in [5, 5.41) is 7.20.